The topological polar surface area (TPSA) is 72.9 Å². The van der Waals surface area contributed by atoms with Gasteiger partial charge in [0.1, 0.15) is 5.75 Å². The third kappa shape index (κ3) is 4.85. The minimum Gasteiger partial charge on any atom is -0.506 e. The second-order valence-electron chi connectivity index (χ2n) is 6.29. The smallest absolute Gasteiger partial charge is 0.251 e. The van der Waals surface area contributed by atoms with Crippen LogP contribution in [0.3, 0.4) is 0 Å². The molecule has 6 nitrogen and oxygen atoms in total. The quantitative estimate of drug-likeness (QED) is 0.782. The lowest BCUT2D eigenvalue weighted by molar-refractivity contribution is -0.129. The Kier molecular flexibility index (Phi) is 6.45. The number of nitrogens with zero attached hydrogens (tertiary/aromatic N) is 2. The van der Waals surface area contributed by atoms with Crippen molar-refractivity contribution in [1.82, 2.24) is 15.1 Å². The van der Waals surface area contributed by atoms with E-state index in [2.05, 4.69) is 10.2 Å². The highest BCUT2D eigenvalue weighted by Gasteiger charge is 2.30. The van der Waals surface area contributed by atoms with E-state index in [0.717, 1.165) is 25.9 Å². The molecule has 0 aromatic heterocycles. The van der Waals surface area contributed by atoms with Gasteiger partial charge in [-0.15, -0.1) is 0 Å². The van der Waals surface area contributed by atoms with Gasteiger partial charge in [0.2, 0.25) is 5.91 Å². The van der Waals surface area contributed by atoms with E-state index < -0.39 is 0 Å². The summed E-state index contributed by atoms with van der Waals surface area (Å²) < 4.78 is 0. The van der Waals surface area contributed by atoms with Crippen LogP contribution in [0.4, 0.5) is 0 Å². The molecular weight excluding hydrogens is 330 g/mol. The molecule has 1 atom stereocenters. The summed E-state index contributed by atoms with van der Waals surface area (Å²) in [6, 6.07) is 4.55. The SMILES string of the molecule is CN(C)CCN1C(=O)CC[C@H]1CCNC(=O)c1ccc(O)c(Cl)c1. The zero-order valence-corrected chi connectivity index (χ0v) is 14.8. The maximum atomic E-state index is 12.1. The molecule has 132 valence electrons. The van der Waals surface area contributed by atoms with Gasteiger partial charge in [0, 0.05) is 37.7 Å². The molecule has 0 spiro atoms. The third-order valence-corrected chi connectivity index (χ3v) is 4.52. The second-order valence-corrected chi connectivity index (χ2v) is 6.70. The minimum atomic E-state index is -0.235. The number of hydrogen-bond acceptors (Lipinski definition) is 4. The Bertz CT molecular complexity index is 607. The predicted octanol–water partition coefficient (Wildman–Crippen LogP) is 1.72. The first-order valence-corrected chi connectivity index (χ1v) is 8.47. The number of carbonyl (C=O) groups is 2. The molecule has 0 bridgehead atoms. The zero-order valence-electron chi connectivity index (χ0n) is 14.1. The van der Waals surface area contributed by atoms with E-state index in [-0.39, 0.29) is 28.6 Å². The summed E-state index contributed by atoms with van der Waals surface area (Å²) in [5.74, 6) is -0.0891. The van der Waals surface area contributed by atoms with Gasteiger partial charge in [-0.25, -0.2) is 0 Å². The van der Waals surface area contributed by atoms with Gasteiger partial charge >= 0.3 is 0 Å². The van der Waals surface area contributed by atoms with Gasteiger partial charge < -0.3 is 20.2 Å². The van der Waals surface area contributed by atoms with E-state index in [9.17, 15) is 14.7 Å². The number of likely N-dealkylation sites (tertiary alicyclic amines) is 1. The number of carbonyl (C=O) groups excluding carboxylic acids is 2. The Balaban J connectivity index is 1.82. The second kappa shape index (κ2) is 8.35. The predicted molar refractivity (Wildman–Crippen MR) is 93.4 cm³/mol. The summed E-state index contributed by atoms with van der Waals surface area (Å²) >= 11 is 5.81. The lowest BCUT2D eigenvalue weighted by atomic mass is 10.1. The highest BCUT2D eigenvalue weighted by atomic mass is 35.5. The highest BCUT2D eigenvalue weighted by molar-refractivity contribution is 6.32. The van der Waals surface area contributed by atoms with Crippen LogP contribution >= 0.6 is 11.6 Å². The van der Waals surface area contributed by atoms with Crippen molar-refractivity contribution < 1.29 is 14.7 Å². The van der Waals surface area contributed by atoms with Gasteiger partial charge in [-0.05, 0) is 45.1 Å². The maximum absolute atomic E-state index is 12.1. The molecule has 2 N–H and O–H groups in total. The normalized spacial score (nSPS) is 17.6. The van der Waals surface area contributed by atoms with Crippen molar-refractivity contribution in [2.75, 3.05) is 33.7 Å². The van der Waals surface area contributed by atoms with Crippen LogP contribution in [0.25, 0.3) is 0 Å². The van der Waals surface area contributed by atoms with Crippen LogP contribution < -0.4 is 5.32 Å². The largest absolute Gasteiger partial charge is 0.506 e. The first-order chi connectivity index (χ1) is 11.4. The summed E-state index contributed by atoms with van der Waals surface area (Å²) in [4.78, 5) is 28.0. The number of amides is 2. The molecule has 1 heterocycles. The number of benzene rings is 1. The van der Waals surface area contributed by atoms with E-state index in [1.165, 1.54) is 18.2 Å². The average Bonchev–Trinajstić information content (AvgIpc) is 2.88. The maximum Gasteiger partial charge on any atom is 0.251 e. The Labute approximate surface area is 147 Å². The molecule has 7 heteroatoms. The fourth-order valence-electron chi connectivity index (χ4n) is 2.81. The van der Waals surface area contributed by atoms with Gasteiger partial charge in [0.25, 0.3) is 5.91 Å². The number of aromatic hydroxyl groups is 1. The van der Waals surface area contributed by atoms with E-state index in [0.29, 0.717) is 18.5 Å². The van der Waals surface area contributed by atoms with Crippen LogP contribution in [-0.2, 0) is 4.79 Å². The van der Waals surface area contributed by atoms with Crippen molar-refractivity contribution in [3.05, 3.63) is 28.8 Å². The van der Waals surface area contributed by atoms with Crippen molar-refractivity contribution in [2.24, 2.45) is 0 Å². The number of likely N-dealkylation sites (N-methyl/N-ethyl adjacent to an activating group) is 1. The number of phenols is 1. The molecule has 2 rings (SSSR count). The van der Waals surface area contributed by atoms with Crippen molar-refractivity contribution in [3.63, 3.8) is 0 Å². The number of phenolic OH excluding ortho intramolecular Hbond substituents is 1. The Morgan fingerprint density at radius 3 is 2.88 bits per heavy atom. The van der Waals surface area contributed by atoms with Crippen LogP contribution in [0.1, 0.15) is 29.6 Å². The van der Waals surface area contributed by atoms with E-state index in [1.807, 2.05) is 19.0 Å². The molecule has 0 saturated carbocycles. The number of halogens is 1. The van der Waals surface area contributed by atoms with Crippen LogP contribution in [-0.4, -0.2) is 66.5 Å². The Hall–Kier alpha value is -1.79. The molecule has 1 aliphatic heterocycles. The van der Waals surface area contributed by atoms with Crippen LogP contribution in [0.2, 0.25) is 5.02 Å². The molecule has 1 aromatic rings. The minimum absolute atomic E-state index is 0.0470. The Morgan fingerprint density at radius 1 is 1.46 bits per heavy atom. The first kappa shape index (κ1) is 18.5. The zero-order chi connectivity index (χ0) is 17.7. The molecule has 0 radical (unpaired) electrons. The van der Waals surface area contributed by atoms with Crippen molar-refractivity contribution >= 4 is 23.4 Å². The molecule has 1 saturated heterocycles. The first-order valence-electron chi connectivity index (χ1n) is 8.09. The van der Waals surface area contributed by atoms with Crippen molar-refractivity contribution in [3.8, 4) is 5.75 Å². The van der Waals surface area contributed by atoms with E-state index in [1.54, 1.807) is 0 Å². The van der Waals surface area contributed by atoms with Gasteiger partial charge in [-0.2, -0.15) is 0 Å². The molecule has 24 heavy (non-hydrogen) atoms. The highest BCUT2D eigenvalue weighted by Crippen LogP contribution is 2.24. The van der Waals surface area contributed by atoms with E-state index >= 15 is 0 Å². The third-order valence-electron chi connectivity index (χ3n) is 4.21. The van der Waals surface area contributed by atoms with Crippen molar-refractivity contribution in [2.45, 2.75) is 25.3 Å². The van der Waals surface area contributed by atoms with Crippen LogP contribution in [0.15, 0.2) is 18.2 Å². The number of hydrogen-bond donors (Lipinski definition) is 2. The fraction of sp³-hybridized carbons (Fsp3) is 0.529. The van der Waals surface area contributed by atoms with E-state index in [4.69, 9.17) is 11.6 Å². The monoisotopic (exact) mass is 353 g/mol. The number of rotatable bonds is 7. The summed E-state index contributed by atoms with van der Waals surface area (Å²) in [6.07, 6.45) is 2.16. The summed E-state index contributed by atoms with van der Waals surface area (Å²) in [6.45, 7) is 2.05. The standard InChI is InChI=1S/C17H24ClN3O3/c1-20(2)9-10-21-13(4-6-16(21)23)7-8-19-17(24)12-3-5-15(22)14(18)11-12/h3,5,11,13,22H,4,6-10H2,1-2H3,(H,19,24)/t13-/m0/s1. The Morgan fingerprint density at radius 2 is 2.21 bits per heavy atom. The number of nitrogens with one attached hydrogen (secondary N) is 1. The van der Waals surface area contributed by atoms with Gasteiger partial charge in [0.15, 0.2) is 0 Å². The van der Waals surface area contributed by atoms with Crippen LogP contribution in [0, 0.1) is 0 Å². The molecule has 0 unspecified atom stereocenters. The summed E-state index contributed by atoms with van der Waals surface area (Å²) in [5, 5.41) is 12.4. The van der Waals surface area contributed by atoms with Gasteiger partial charge in [-0.1, -0.05) is 11.6 Å². The molecule has 1 fully saturated rings. The molecule has 1 aliphatic rings. The van der Waals surface area contributed by atoms with Crippen molar-refractivity contribution in [1.29, 1.82) is 0 Å². The summed E-state index contributed by atoms with van der Waals surface area (Å²) in [7, 11) is 3.97. The lowest BCUT2D eigenvalue weighted by Gasteiger charge is -2.26. The molecule has 2 amide bonds. The summed E-state index contributed by atoms with van der Waals surface area (Å²) in [5.41, 5.74) is 0.407. The van der Waals surface area contributed by atoms with Gasteiger partial charge in [0.05, 0.1) is 5.02 Å². The fourth-order valence-corrected chi connectivity index (χ4v) is 2.99. The molecular formula is C17H24ClN3O3. The molecule has 1 aromatic carbocycles. The molecule has 0 aliphatic carbocycles. The van der Waals surface area contributed by atoms with Crippen LogP contribution in [0.5, 0.6) is 5.75 Å². The lowest BCUT2D eigenvalue weighted by Crippen LogP contribution is -2.40. The average molecular weight is 354 g/mol. The van der Waals surface area contributed by atoms with Gasteiger partial charge in [-0.3, -0.25) is 9.59 Å².